The van der Waals surface area contributed by atoms with Gasteiger partial charge in [0.05, 0.1) is 11.4 Å². The third-order valence-electron chi connectivity index (χ3n) is 10.2. The fourth-order valence-electron chi connectivity index (χ4n) is 7.72. The van der Waals surface area contributed by atoms with Crippen LogP contribution in [-0.4, -0.2) is 0 Å². The Balaban J connectivity index is 1.45. The number of hydrogen-bond donors (Lipinski definition) is 0. The molecule has 247 valence electrons. The van der Waals surface area contributed by atoms with E-state index in [0.29, 0.717) is 23.7 Å². The van der Waals surface area contributed by atoms with Crippen molar-refractivity contribution in [3.8, 4) is 11.1 Å². The van der Waals surface area contributed by atoms with Crippen molar-refractivity contribution in [3.05, 3.63) is 162 Å². The van der Waals surface area contributed by atoms with E-state index in [0.717, 1.165) is 0 Å². The van der Waals surface area contributed by atoms with Crippen molar-refractivity contribution < 1.29 is 0 Å². The van der Waals surface area contributed by atoms with Gasteiger partial charge in [0.1, 0.15) is 0 Å². The van der Waals surface area contributed by atoms with Gasteiger partial charge in [-0.1, -0.05) is 165 Å². The molecule has 6 aromatic rings. The van der Waals surface area contributed by atoms with E-state index in [4.69, 9.17) is 0 Å². The molecule has 0 atom stereocenters. The summed E-state index contributed by atoms with van der Waals surface area (Å²) in [5, 5.41) is 5.11. The first-order valence-electron chi connectivity index (χ1n) is 18.1. The highest BCUT2D eigenvalue weighted by Crippen LogP contribution is 2.48. The number of rotatable bonds is 8. The number of nitrogens with zero attached hydrogens (tertiary/aromatic N) is 2. The summed E-state index contributed by atoms with van der Waals surface area (Å²) in [6.45, 7) is 18.5. The van der Waals surface area contributed by atoms with Gasteiger partial charge in [0, 0.05) is 18.0 Å². The Hall–Kier alpha value is -4.82. The molecule has 0 bridgehead atoms. The molecule has 2 nitrogen and oxygen atoms in total. The Morgan fingerprint density at radius 1 is 0.388 bits per heavy atom. The van der Waals surface area contributed by atoms with Crippen LogP contribution in [0.3, 0.4) is 0 Å². The maximum atomic E-state index is 2.48. The number of benzene rings is 6. The molecule has 0 N–H and O–H groups in total. The quantitative estimate of drug-likeness (QED) is 0.153. The third-order valence-corrected chi connectivity index (χ3v) is 10.2. The van der Waals surface area contributed by atoms with E-state index >= 15 is 0 Å². The standard InChI is InChI=1S/C47H49N2/c1-30(2)38-19-13-20-39(31(3)4)45(38)48-27-28-49(46-40(32(5)6)21-14-22-41(46)33(7)8)47(48)35-25-23-34(24-26-35)44-42-17-11-9-15-36(42)29-37-16-10-12-18-43(37)44/h9-33H,1-8H3. The van der Waals surface area contributed by atoms with E-state index in [2.05, 4.69) is 193 Å². The minimum Gasteiger partial charge on any atom is -0.314 e. The smallest absolute Gasteiger partial charge is 0.195 e. The molecule has 6 aromatic carbocycles. The van der Waals surface area contributed by atoms with Crippen LogP contribution >= 0.6 is 0 Å². The Kier molecular flexibility index (Phi) is 8.84. The van der Waals surface area contributed by atoms with Crippen LogP contribution < -0.4 is 9.80 Å². The molecule has 0 spiro atoms. The molecule has 49 heavy (non-hydrogen) atoms. The van der Waals surface area contributed by atoms with Crippen LogP contribution in [0.4, 0.5) is 11.4 Å². The maximum absolute atomic E-state index is 2.48. The van der Waals surface area contributed by atoms with Crippen molar-refractivity contribution in [3.63, 3.8) is 0 Å². The Bertz CT molecular complexity index is 1970. The molecule has 1 radical (unpaired) electrons. The van der Waals surface area contributed by atoms with Crippen LogP contribution in [0.2, 0.25) is 0 Å². The SMILES string of the molecule is CC(C)c1cccc(C(C)C)c1N1C=CN(c2c(C(C)C)cccc2C(C)C)[C]1c1ccc(-c2c3ccccc3cc3ccccc23)cc1. The molecular formula is C47H49N2. The predicted molar refractivity (Wildman–Crippen MR) is 213 cm³/mol. The molecule has 0 saturated heterocycles. The topological polar surface area (TPSA) is 6.48 Å². The largest absolute Gasteiger partial charge is 0.314 e. The van der Waals surface area contributed by atoms with Crippen LogP contribution in [-0.2, 0) is 0 Å². The number of hydrogen-bond acceptors (Lipinski definition) is 2. The highest BCUT2D eigenvalue weighted by atomic mass is 15.4. The van der Waals surface area contributed by atoms with Gasteiger partial charge in [0.25, 0.3) is 0 Å². The fraction of sp³-hybridized carbons (Fsp3) is 0.255. The number of fused-ring (bicyclic) bond motifs is 2. The Labute approximate surface area is 293 Å². The zero-order valence-corrected chi connectivity index (χ0v) is 30.3. The highest BCUT2D eigenvalue weighted by Gasteiger charge is 2.37. The summed E-state index contributed by atoms with van der Waals surface area (Å²) >= 11 is 0. The van der Waals surface area contributed by atoms with Crippen LogP contribution in [0.15, 0.2) is 128 Å². The zero-order chi connectivity index (χ0) is 34.4. The fourth-order valence-corrected chi connectivity index (χ4v) is 7.72. The first-order chi connectivity index (χ1) is 23.7. The molecule has 0 aromatic heterocycles. The summed E-state index contributed by atoms with van der Waals surface area (Å²) in [6, 6.07) is 43.0. The molecule has 0 amide bonds. The normalized spacial score (nSPS) is 13.8. The molecule has 2 heteroatoms. The molecule has 1 heterocycles. The molecule has 0 aliphatic carbocycles. The summed E-state index contributed by atoms with van der Waals surface area (Å²) in [7, 11) is 0. The second-order valence-corrected chi connectivity index (χ2v) is 14.8. The molecular weight excluding hydrogens is 593 g/mol. The highest BCUT2D eigenvalue weighted by molar-refractivity contribution is 6.12. The summed E-state index contributed by atoms with van der Waals surface area (Å²) < 4.78 is 0. The molecule has 0 saturated carbocycles. The summed E-state index contributed by atoms with van der Waals surface area (Å²) in [5.41, 5.74) is 11.8. The van der Waals surface area contributed by atoms with Gasteiger partial charge in [0.15, 0.2) is 6.17 Å². The van der Waals surface area contributed by atoms with Crippen molar-refractivity contribution in [2.45, 2.75) is 79.1 Å². The van der Waals surface area contributed by atoms with Gasteiger partial charge in [-0.05, 0) is 84.7 Å². The predicted octanol–water partition coefficient (Wildman–Crippen LogP) is 13.5. The average molecular weight is 642 g/mol. The van der Waals surface area contributed by atoms with Crippen LogP contribution in [0.25, 0.3) is 32.7 Å². The van der Waals surface area contributed by atoms with Crippen molar-refractivity contribution in [1.29, 1.82) is 0 Å². The van der Waals surface area contributed by atoms with Crippen molar-refractivity contribution in [2.75, 3.05) is 9.80 Å². The van der Waals surface area contributed by atoms with Gasteiger partial charge in [0.2, 0.25) is 0 Å². The van der Waals surface area contributed by atoms with E-state index < -0.39 is 0 Å². The van der Waals surface area contributed by atoms with Gasteiger partial charge in [-0.15, -0.1) is 0 Å². The lowest BCUT2D eigenvalue weighted by molar-refractivity contribution is 0.804. The molecule has 1 aliphatic rings. The first kappa shape index (κ1) is 32.7. The van der Waals surface area contributed by atoms with Gasteiger partial charge in [-0.25, -0.2) is 0 Å². The Morgan fingerprint density at radius 2 is 0.755 bits per heavy atom. The van der Waals surface area contributed by atoms with E-state index in [-0.39, 0.29) is 0 Å². The van der Waals surface area contributed by atoms with Crippen LogP contribution in [0.5, 0.6) is 0 Å². The second kappa shape index (κ2) is 13.2. The van der Waals surface area contributed by atoms with Gasteiger partial charge < -0.3 is 9.80 Å². The van der Waals surface area contributed by atoms with Crippen LogP contribution in [0, 0.1) is 6.17 Å². The minimum absolute atomic E-state index is 0.383. The maximum Gasteiger partial charge on any atom is 0.195 e. The van der Waals surface area contributed by atoms with E-state index in [9.17, 15) is 0 Å². The van der Waals surface area contributed by atoms with E-state index in [1.165, 1.54) is 78.0 Å². The van der Waals surface area contributed by atoms with Crippen LogP contribution in [0.1, 0.15) is 107 Å². The van der Waals surface area contributed by atoms with Gasteiger partial charge >= 0.3 is 0 Å². The molecule has 0 fully saturated rings. The molecule has 1 aliphatic heterocycles. The van der Waals surface area contributed by atoms with Gasteiger partial charge in [-0.2, -0.15) is 0 Å². The summed E-state index contributed by atoms with van der Waals surface area (Å²) in [4.78, 5) is 4.96. The van der Waals surface area contributed by atoms with Crippen molar-refractivity contribution >= 4 is 32.9 Å². The molecule has 7 rings (SSSR count). The van der Waals surface area contributed by atoms with E-state index in [1.807, 2.05) is 0 Å². The van der Waals surface area contributed by atoms with Crippen molar-refractivity contribution in [2.24, 2.45) is 0 Å². The van der Waals surface area contributed by atoms with E-state index in [1.54, 1.807) is 0 Å². The number of para-hydroxylation sites is 2. The lowest BCUT2D eigenvalue weighted by Gasteiger charge is -2.37. The lowest BCUT2D eigenvalue weighted by atomic mass is 9.89. The molecule has 0 unspecified atom stereocenters. The Morgan fingerprint density at radius 3 is 1.14 bits per heavy atom. The third kappa shape index (κ3) is 5.82. The first-order valence-corrected chi connectivity index (χ1v) is 18.1. The summed E-state index contributed by atoms with van der Waals surface area (Å²) in [6.07, 6.45) is 5.78. The summed E-state index contributed by atoms with van der Waals surface area (Å²) in [5.74, 6) is 1.53. The lowest BCUT2D eigenvalue weighted by Crippen LogP contribution is -2.34. The second-order valence-electron chi connectivity index (χ2n) is 14.8. The average Bonchev–Trinajstić information content (AvgIpc) is 3.54. The van der Waals surface area contributed by atoms with Gasteiger partial charge in [-0.3, -0.25) is 0 Å². The zero-order valence-electron chi connectivity index (χ0n) is 30.3. The number of anilines is 2. The monoisotopic (exact) mass is 641 g/mol. The minimum atomic E-state index is 0.383. The van der Waals surface area contributed by atoms with Crippen molar-refractivity contribution in [1.82, 2.24) is 0 Å².